The Balaban J connectivity index is 0.895. The van der Waals surface area contributed by atoms with E-state index in [0.717, 1.165) is 10.9 Å². The minimum Gasteiger partial charge on any atom is -0.491 e. The molecule has 4 N–H and O–H groups in total. The molecule has 7 rings (SSSR count). The van der Waals surface area contributed by atoms with Gasteiger partial charge in [-0.15, -0.1) is 0 Å². The highest BCUT2D eigenvalue weighted by atomic mass is 32.2. The second-order valence-corrected chi connectivity index (χ2v) is 15.8. The number of ether oxygens (including phenoxy) is 2. The summed E-state index contributed by atoms with van der Waals surface area (Å²) in [5, 5.41) is 23.3. The lowest BCUT2D eigenvalue weighted by atomic mass is 9.89. The minimum atomic E-state index is -3.38. The van der Waals surface area contributed by atoms with Gasteiger partial charge in [0.05, 0.1) is 49.3 Å². The van der Waals surface area contributed by atoms with Crippen LogP contribution in [0, 0.1) is 11.3 Å². The molecule has 0 bridgehead atoms. The average Bonchev–Trinajstić information content (AvgIpc) is 3.87. The number of aromatic amines is 1. The molecule has 0 spiro atoms. The molecule has 0 aliphatic carbocycles. The van der Waals surface area contributed by atoms with Crippen LogP contribution in [-0.2, 0) is 29.9 Å². The second kappa shape index (κ2) is 16.3. The highest BCUT2D eigenvalue weighted by Crippen LogP contribution is 2.36. The monoisotopic (exact) mass is 780 g/mol. The molecular weight excluding hydrogens is 741 g/mol. The zero-order valence-electron chi connectivity index (χ0n) is 30.5. The van der Waals surface area contributed by atoms with Gasteiger partial charge in [0, 0.05) is 60.6 Å². The van der Waals surface area contributed by atoms with E-state index in [9.17, 15) is 28.1 Å². The summed E-state index contributed by atoms with van der Waals surface area (Å²) < 4.78 is 39.2. The van der Waals surface area contributed by atoms with Gasteiger partial charge in [0.15, 0.2) is 0 Å². The number of anilines is 2. The number of nitrogens with one attached hydrogen (secondary N) is 4. The van der Waals surface area contributed by atoms with Crippen LogP contribution < -0.4 is 20.7 Å². The van der Waals surface area contributed by atoms with E-state index in [0.29, 0.717) is 65.8 Å². The van der Waals surface area contributed by atoms with Crippen molar-refractivity contribution < 1.29 is 32.3 Å². The van der Waals surface area contributed by atoms with Crippen molar-refractivity contribution >= 4 is 50.4 Å². The van der Waals surface area contributed by atoms with E-state index in [1.54, 1.807) is 66.6 Å². The maximum absolute atomic E-state index is 12.8. The van der Waals surface area contributed by atoms with Gasteiger partial charge in [-0.25, -0.2) is 13.4 Å². The van der Waals surface area contributed by atoms with Crippen molar-refractivity contribution in [3.63, 3.8) is 0 Å². The van der Waals surface area contributed by atoms with Crippen LogP contribution in [0.15, 0.2) is 73.2 Å². The van der Waals surface area contributed by atoms with Gasteiger partial charge in [0.1, 0.15) is 23.5 Å². The zero-order valence-corrected chi connectivity index (χ0v) is 31.3. The van der Waals surface area contributed by atoms with Crippen molar-refractivity contribution in [1.29, 1.82) is 5.26 Å². The van der Waals surface area contributed by atoms with E-state index in [1.807, 2.05) is 18.2 Å². The van der Waals surface area contributed by atoms with Crippen molar-refractivity contribution in [3.05, 3.63) is 84.3 Å². The normalized spacial score (nSPS) is 16.8. The summed E-state index contributed by atoms with van der Waals surface area (Å²) >= 11 is 0. The smallest absolute Gasteiger partial charge is 0.251 e. The molecule has 1 unspecified atom stereocenters. The van der Waals surface area contributed by atoms with Crippen LogP contribution in [0.4, 0.5) is 11.6 Å². The van der Waals surface area contributed by atoms with E-state index in [4.69, 9.17) is 14.5 Å². The Morgan fingerprint density at radius 2 is 1.91 bits per heavy atom. The van der Waals surface area contributed by atoms with Gasteiger partial charge in [-0.05, 0) is 61.4 Å². The van der Waals surface area contributed by atoms with Crippen LogP contribution in [0.2, 0.25) is 0 Å². The first-order valence-corrected chi connectivity index (χ1v) is 19.7. The molecule has 0 radical (unpaired) electrons. The highest BCUT2D eigenvalue weighted by Gasteiger charge is 2.49. The predicted octanol–water partition coefficient (Wildman–Crippen LogP) is 3.18. The third-order valence-corrected chi connectivity index (χ3v) is 11.6. The predicted molar refractivity (Wildman–Crippen MR) is 204 cm³/mol. The first-order chi connectivity index (χ1) is 27.1. The van der Waals surface area contributed by atoms with Crippen LogP contribution >= 0.6 is 0 Å². The number of sulfonamides is 1. The summed E-state index contributed by atoms with van der Waals surface area (Å²) in [6.07, 6.45) is 6.06. The van der Waals surface area contributed by atoms with E-state index < -0.39 is 15.6 Å². The Hall–Kier alpha value is -6.16. The fraction of sp³-hybridized carbons (Fsp3) is 0.342. The van der Waals surface area contributed by atoms with Crippen molar-refractivity contribution in [1.82, 2.24) is 39.7 Å². The Bertz CT molecular complexity index is 2400. The molecule has 2 aromatic carbocycles. The summed E-state index contributed by atoms with van der Waals surface area (Å²) in [5.41, 5.74) is 2.99. The summed E-state index contributed by atoms with van der Waals surface area (Å²) in [6.45, 7) is 3.08. The number of H-pyrrole nitrogens is 1. The number of hydrogen-bond acceptors (Lipinski definition) is 12. The first kappa shape index (κ1) is 38.1. The number of benzene rings is 2. The van der Waals surface area contributed by atoms with E-state index in [2.05, 4.69) is 37.1 Å². The lowest BCUT2D eigenvalue weighted by Crippen LogP contribution is -2.64. The third kappa shape index (κ3) is 8.24. The molecule has 56 heavy (non-hydrogen) atoms. The summed E-state index contributed by atoms with van der Waals surface area (Å²) in [4.78, 5) is 48.9. The molecule has 290 valence electrons. The van der Waals surface area contributed by atoms with Crippen LogP contribution in [0.1, 0.15) is 48.0 Å². The summed E-state index contributed by atoms with van der Waals surface area (Å²) in [7, 11) is -3.38. The fourth-order valence-electron chi connectivity index (χ4n) is 6.72. The molecule has 3 aromatic heterocycles. The number of hydrogen-bond donors (Lipinski definition) is 4. The number of nitrogens with zero attached hydrogens (tertiary/aromatic N) is 6. The van der Waals surface area contributed by atoms with Crippen LogP contribution in [-0.4, -0.2) is 100 Å². The third-order valence-electron chi connectivity index (χ3n) is 9.80. The molecule has 5 aromatic rings. The largest absolute Gasteiger partial charge is 0.491 e. The lowest BCUT2D eigenvalue weighted by molar-refractivity contribution is -0.134. The number of carbonyl (C=O) groups excluding carboxylic acids is 3. The first-order valence-electron chi connectivity index (χ1n) is 18.1. The molecule has 2 aliphatic rings. The summed E-state index contributed by atoms with van der Waals surface area (Å²) in [6, 6.07) is 18.1. The number of rotatable bonds is 16. The van der Waals surface area contributed by atoms with Gasteiger partial charge in [0.2, 0.25) is 27.8 Å². The number of imide groups is 1. The van der Waals surface area contributed by atoms with Crippen LogP contribution in [0.25, 0.3) is 22.3 Å². The fourth-order valence-corrected chi connectivity index (χ4v) is 7.96. The van der Waals surface area contributed by atoms with Crippen LogP contribution in [0.3, 0.4) is 0 Å². The number of aromatic nitrogens is 5. The molecular formula is C38H40N10O7S. The van der Waals surface area contributed by atoms with Crippen molar-refractivity contribution in [2.45, 2.75) is 37.6 Å². The van der Waals surface area contributed by atoms with E-state index in [1.165, 1.54) is 4.31 Å². The Labute approximate surface area is 322 Å². The SMILES string of the molecule is CCS(=O)(=O)N1CC(CC#N)(n2cc(-c3nc(Nc4ccc(C(=O)NCCOCCOc5cccc(C6CCC(=O)NC6=O)c5)cc4)nc4[nH]ccc34)cn2)C1. The molecule has 0 saturated carbocycles. The number of nitriles is 1. The molecule has 18 heteroatoms. The summed E-state index contributed by atoms with van der Waals surface area (Å²) in [5.74, 6) is -0.309. The molecule has 2 aliphatic heterocycles. The van der Waals surface area contributed by atoms with Crippen molar-refractivity contribution in [2.75, 3.05) is 50.5 Å². The van der Waals surface area contributed by atoms with Gasteiger partial charge in [-0.2, -0.15) is 19.6 Å². The number of fused-ring (bicyclic) bond motifs is 1. The average molecular weight is 781 g/mol. The quantitative estimate of drug-likeness (QED) is 0.0837. The Morgan fingerprint density at radius 3 is 2.68 bits per heavy atom. The Kier molecular flexibility index (Phi) is 11.1. The van der Waals surface area contributed by atoms with Gasteiger partial charge >= 0.3 is 0 Å². The van der Waals surface area contributed by atoms with Crippen molar-refractivity contribution in [3.8, 4) is 23.1 Å². The highest BCUT2D eigenvalue weighted by molar-refractivity contribution is 7.89. The molecule has 2 fully saturated rings. The molecule has 2 saturated heterocycles. The van der Waals surface area contributed by atoms with Gasteiger partial charge in [-0.1, -0.05) is 12.1 Å². The van der Waals surface area contributed by atoms with Gasteiger partial charge < -0.3 is 25.1 Å². The molecule has 17 nitrogen and oxygen atoms in total. The second-order valence-electron chi connectivity index (χ2n) is 13.5. The molecule has 5 heterocycles. The number of carbonyl (C=O) groups is 3. The lowest BCUT2D eigenvalue weighted by Gasteiger charge is -2.47. The van der Waals surface area contributed by atoms with E-state index >= 15 is 0 Å². The standard InChI is InChI=1S/C38H40N10O7S/c1-2-56(52,53)47-23-38(24-47,13-14-39)48-22-27(21-42-48)33-31-12-15-40-34(31)46-37(45-33)43-28-8-6-25(7-9-28)35(50)41-16-17-54-18-19-55-29-5-3-4-26(20-29)30-10-11-32(49)44-36(30)51/h3-9,12,15,20-22,30H,2,10-11,13,16-19,23-24H2,1H3,(H,41,50)(H,44,49,51)(H2,40,43,45,46). The Morgan fingerprint density at radius 1 is 1.09 bits per heavy atom. The van der Waals surface area contributed by atoms with Gasteiger partial charge in [-0.3, -0.25) is 24.4 Å². The van der Waals surface area contributed by atoms with Gasteiger partial charge in [0.25, 0.3) is 5.91 Å². The van der Waals surface area contributed by atoms with Crippen LogP contribution in [0.5, 0.6) is 5.75 Å². The van der Waals surface area contributed by atoms with E-state index in [-0.39, 0.29) is 62.1 Å². The number of amides is 3. The molecule has 1 atom stereocenters. The number of piperidine rings is 1. The van der Waals surface area contributed by atoms with Crippen molar-refractivity contribution in [2.24, 2.45) is 0 Å². The topological polar surface area (TPSA) is 226 Å². The molecule has 3 amide bonds. The minimum absolute atomic E-state index is 0.0121. The maximum atomic E-state index is 12.8. The zero-order chi connectivity index (χ0) is 39.3. The maximum Gasteiger partial charge on any atom is 0.251 e.